The van der Waals surface area contributed by atoms with Gasteiger partial charge in [0, 0.05) is 19.7 Å². The molecule has 0 fully saturated rings. The van der Waals surface area contributed by atoms with Crippen molar-refractivity contribution in [2.45, 2.75) is 38.3 Å². The van der Waals surface area contributed by atoms with Gasteiger partial charge in [0.15, 0.2) is 5.79 Å². The Morgan fingerprint density at radius 2 is 1.23 bits per heavy atom. The summed E-state index contributed by atoms with van der Waals surface area (Å²) in [6.07, 6.45) is 0.629. The van der Waals surface area contributed by atoms with Gasteiger partial charge in [0.25, 0.3) is 0 Å². The molecule has 0 saturated carbocycles. The predicted molar refractivity (Wildman–Crippen MR) is 123 cm³/mol. The first-order valence-electron chi connectivity index (χ1n) is 10.4. The fraction of sp³-hybridized carbons (Fsp3) is 0.308. The van der Waals surface area contributed by atoms with Gasteiger partial charge in [-0.15, -0.1) is 11.6 Å². The maximum absolute atomic E-state index is 11.5. The Labute approximate surface area is 184 Å². The molecular formula is C26H30ClNO2. The van der Waals surface area contributed by atoms with Crippen molar-refractivity contribution in [1.82, 2.24) is 4.90 Å². The van der Waals surface area contributed by atoms with Crippen molar-refractivity contribution in [3.63, 3.8) is 0 Å². The molecule has 0 aliphatic rings. The van der Waals surface area contributed by atoms with Gasteiger partial charge in [0.1, 0.15) is 0 Å². The van der Waals surface area contributed by atoms with Gasteiger partial charge in [0.05, 0.1) is 11.9 Å². The second-order valence-electron chi connectivity index (χ2n) is 7.49. The normalized spacial score (nSPS) is 14.4. The Morgan fingerprint density at radius 3 is 1.63 bits per heavy atom. The van der Waals surface area contributed by atoms with Gasteiger partial charge in [-0.3, -0.25) is 4.90 Å². The van der Waals surface area contributed by atoms with Gasteiger partial charge in [-0.05, 0) is 30.0 Å². The number of alkyl halides is 1. The lowest BCUT2D eigenvalue weighted by molar-refractivity contribution is -0.226. The molecule has 3 rings (SSSR count). The average Bonchev–Trinajstić information content (AvgIpc) is 2.79. The monoisotopic (exact) mass is 423 g/mol. The molecule has 3 aromatic rings. The van der Waals surface area contributed by atoms with Crippen LogP contribution in [-0.4, -0.2) is 34.3 Å². The maximum Gasteiger partial charge on any atom is 0.195 e. The van der Waals surface area contributed by atoms with Crippen LogP contribution in [0.4, 0.5) is 0 Å². The maximum atomic E-state index is 11.5. The van der Waals surface area contributed by atoms with Crippen molar-refractivity contribution in [1.29, 1.82) is 0 Å². The molecule has 3 nitrogen and oxygen atoms in total. The molecule has 3 aromatic carbocycles. The molecule has 0 bridgehead atoms. The fourth-order valence-corrected chi connectivity index (χ4v) is 4.05. The Kier molecular flexibility index (Phi) is 8.47. The van der Waals surface area contributed by atoms with Crippen LogP contribution in [0.15, 0.2) is 91.0 Å². The van der Waals surface area contributed by atoms with E-state index in [1.165, 1.54) is 11.1 Å². The van der Waals surface area contributed by atoms with Crippen molar-refractivity contribution in [3.8, 4) is 0 Å². The summed E-state index contributed by atoms with van der Waals surface area (Å²) in [5.41, 5.74) is 3.50. The number of hydrogen-bond acceptors (Lipinski definition) is 3. The largest absolute Gasteiger partial charge is 0.363 e. The second kappa shape index (κ2) is 11.3. The number of aliphatic hydroxyl groups is 1. The van der Waals surface area contributed by atoms with E-state index >= 15 is 0 Å². The molecule has 0 heterocycles. The lowest BCUT2D eigenvalue weighted by Gasteiger charge is -2.42. The molecule has 0 aliphatic heterocycles. The molecule has 4 heteroatoms. The summed E-state index contributed by atoms with van der Waals surface area (Å²) in [6.45, 7) is 3.63. The highest BCUT2D eigenvalue weighted by Gasteiger charge is 2.41. The summed E-state index contributed by atoms with van der Waals surface area (Å²) in [7, 11) is 0. The summed E-state index contributed by atoms with van der Waals surface area (Å²) in [4.78, 5) is 2.27. The molecule has 2 atom stereocenters. The molecule has 1 N–H and O–H groups in total. The predicted octanol–water partition coefficient (Wildman–Crippen LogP) is 5.26. The van der Waals surface area contributed by atoms with Crippen LogP contribution in [0, 0.1) is 0 Å². The van der Waals surface area contributed by atoms with Gasteiger partial charge < -0.3 is 9.84 Å². The number of halogens is 1. The summed E-state index contributed by atoms with van der Waals surface area (Å²) in [5.74, 6) is -1.46. The van der Waals surface area contributed by atoms with E-state index in [2.05, 4.69) is 41.3 Å². The third-order valence-electron chi connectivity index (χ3n) is 5.28. The van der Waals surface area contributed by atoms with Crippen LogP contribution in [-0.2, 0) is 24.2 Å². The summed E-state index contributed by atoms with van der Waals surface area (Å²) in [6, 6.07) is 30.5. The zero-order valence-corrected chi connectivity index (χ0v) is 18.2. The van der Waals surface area contributed by atoms with Gasteiger partial charge in [-0.25, -0.2) is 0 Å². The smallest absolute Gasteiger partial charge is 0.195 e. The van der Waals surface area contributed by atoms with E-state index in [9.17, 15) is 5.11 Å². The van der Waals surface area contributed by atoms with Gasteiger partial charge in [-0.1, -0.05) is 91.0 Å². The topological polar surface area (TPSA) is 32.7 Å². The molecular weight excluding hydrogens is 394 g/mol. The highest BCUT2D eigenvalue weighted by atomic mass is 35.5. The first-order valence-corrected chi connectivity index (χ1v) is 11.0. The summed E-state index contributed by atoms with van der Waals surface area (Å²) < 4.78 is 5.85. The van der Waals surface area contributed by atoms with Crippen LogP contribution in [0.25, 0.3) is 0 Å². The Morgan fingerprint density at radius 1 is 0.800 bits per heavy atom. The van der Waals surface area contributed by atoms with Gasteiger partial charge >= 0.3 is 0 Å². The molecule has 1 unspecified atom stereocenters. The van der Waals surface area contributed by atoms with E-state index in [-0.39, 0.29) is 11.9 Å². The van der Waals surface area contributed by atoms with Gasteiger partial charge in [-0.2, -0.15) is 0 Å². The van der Waals surface area contributed by atoms with E-state index in [1.807, 2.05) is 61.5 Å². The van der Waals surface area contributed by atoms with Crippen molar-refractivity contribution >= 4 is 11.6 Å². The third-order valence-corrected chi connectivity index (χ3v) is 5.66. The second-order valence-corrected chi connectivity index (χ2v) is 7.76. The van der Waals surface area contributed by atoms with Crippen molar-refractivity contribution in [3.05, 3.63) is 108 Å². The molecule has 158 valence electrons. The van der Waals surface area contributed by atoms with Crippen LogP contribution in [0.1, 0.15) is 23.6 Å². The summed E-state index contributed by atoms with van der Waals surface area (Å²) >= 11 is 6.30. The number of ether oxygens (including phenoxy) is 1. The number of nitrogens with zero attached hydrogens (tertiary/aromatic N) is 1. The van der Waals surface area contributed by atoms with Crippen LogP contribution in [0.3, 0.4) is 0 Å². The van der Waals surface area contributed by atoms with E-state index in [0.29, 0.717) is 26.1 Å². The van der Waals surface area contributed by atoms with E-state index < -0.39 is 5.79 Å². The zero-order valence-electron chi connectivity index (χ0n) is 17.5. The van der Waals surface area contributed by atoms with Crippen molar-refractivity contribution in [2.75, 3.05) is 12.5 Å². The first kappa shape index (κ1) is 22.5. The van der Waals surface area contributed by atoms with Crippen molar-refractivity contribution in [2.24, 2.45) is 0 Å². The SMILES string of the molecule is CCOC(O)(CCl)[C@H](Cc1ccccc1)N(Cc1ccccc1)Cc1ccccc1. The number of hydrogen-bond donors (Lipinski definition) is 1. The molecule has 30 heavy (non-hydrogen) atoms. The Bertz CT molecular complexity index is 818. The van der Waals surface area contributed by atoms with E-state index in [0.717, 1.165) is 5.56 Å². The standard InChI is InChI=1S/C26H30ClNO2/c1-2-30-26(29,21-27)25(18-22-12-6-3-7-13-22)28(19-23-14-8-4-9-15-23)20-24-16-10-5-11-17-24/h3-17,25,29H,2,18-21H2,1H3/t25-,26?/m0/s1. The lowest BCUT2D eigenvalue weighted by Crippen LogP contribution is -2.56. The molecule has 0 aromatic heterocycles. The van der Waals surface area contributed by atoms with E-state index in [4.69, 9.17) is 16.3 Å². The quantitative estimate of drug-likeness (QED) is 0.337. The number of rotatable bonds is 11. The van der Waals surface area contributed by atoms with Crippen LogP contribution < -0.4 is 0 Å². The Balaban J connectivity index is 1.99. The Hall–Kier alpha value is -2.17. The first-order chi connectivity index (χ1) is 14.6. The minimum absolute atomic E-state index is 0.00157. The van der Waals surface area contributed by atoms with E-state index in [1.54, 1.807) is 0 Å². The lowest BCUT2D eigenvalue weighted by atomic mass is 9.96. The van der Waals surface area contributed by atoms with Crippen LogP contribution in [0.5, 0.6) is 0 Å². The summed E-state index contributed by atoms with van der Waals surface area (Å²) in [5, 5.41) is 11.5. The fourth-order valence-electron chi connectivity index (χ4n) is 3.80. The minimum atomic E-state index is -1.46. The van der Waals surface area contributed by atoms with Crippen LogP contribution >= 0.6 is 11.6 Å². The minimum Gasteiger partial charge on any atom is -0.363 e. The highest BCUT2D eigenvalue weighted by molar-refractivity contribution is 6.18. The third kappa shape index (κ3) is 6.16. The average molecular weight is 424 g/mol. The van der Waals surface area contributed by atoms with Crippen LogP contribution in [0.2, 0.25) is 0 Å². The zero-order chi connectivity index (χ0) is 21.2. The number of benzene rings is 3. The molecule has 0 aliphatic carbocycles. The van der Waals surface area contributed by atoms with Crippen molar-refractivity contribution < 1.29 is 9.84 Å². The van der Waals surface area contributed by atoms with Gasteiger partial charge in [0.2, 0.25) is 0 Å². The highest BCUT2D eigenvalue weighted by Crippen LogP contribution is 2.27. The molecule has 0 amide bonds. The molecule has 0 radical (unpaired) electrons. The molecule has 0 saturated heterocycles. The molecule has 0 spiro atoms.